The molecular weight excluding hydrogens is 250 g/mol. The molecule has 0 aliphatic heterocycles. The standard InChI is InChI=1S/C12H15F4NO/c1-8(17-7-12(15,16)11(13)14)6-9-2-4-10(18)5-3-9/h2-5,8,11,17-18H,6-7H2,1H3. The summed E-state index contributed by atoms with van der Waals surface area (Å²) in [7, 11) is 0. The predicted molar refractivity (Wildman–Crippen MR) is 60.2 cm³/mol. The van der Waals surface area contributed by atoms with Crippen molar-refractivity contribution < 1.29 is 22.7 Å². The Morgan fingerprint density at radius 1 is 1.22 bits per heavy atom. The molecular formula is C12H15F4NO. The number of alkyl halides is 4. The highest BCUT2D eigenvalue weighted by atomic mass is 19.3. The molecule has 1 aromatic carbocycles. The molecule has 0 aliphatic carbocycles. The van der Waals surface area contributed by atoms with Gasteiger partial charge < -0.3 is 10.4 Å². The molecule has 0 bridgehead atoms. The quantitative estimate of drug-likeness (QED) is 0.775. The van der Waals surface area contributed by atoms with E-state index in [0.717, 1.165) is 5.56 Å². The SMILES string of the molecule is CC(Cc1ccc(O)cc1)NCC(F)(F)C(F)F. The number of aromatic hydroxyl groups is 1. The second-order valence-electron chi connectivity index (χ2n) is 4.21. The molecule has 1 atom stereocenters. The van der Waals surface area contributed by atoms with Crippen molar-refractivity contribution in [3.8, 4) is 5.75 Å². The molecule has 0 aromatic heterocycles. The lowest BCUT2D eigenvalue weighted by molar-refractivity contribution is -0.126. The van der Waals surface area contributed by atoms with E-state index in [1.807, 2.05) is 0 Å². The zero-order chi connectivity index (χ0) is 13.8. The molecule has 0 saturated carbocycles. The number of phenols is 1. The highest BCUT2D eigenvalue weighted by molar-refractivity contribution is 5.26. The first-order valence-electron chi connectivity index (χ1n) is 5.48. The molecule has 1 aromatic rings. The topological polar surface area (TPSA) is 32.3 Å². The molecule has 18 heavy (non-hydrogen) atoms. The van der Waals surface area contributed by atoms with Crippen LogP contribution in [0.25, 0.3) is 0 Å². The zero-order valence-electron chi connectivity index (χ0n) is 9.84. The minimum Gasteiger partial charge on any atom is -0.508 e. The van der Waals surface area contributed by atoms with Gasteiger partial charge in [-0.3, -0.25) is 0 Å². The van der Waals surface area contributed by atoms with Gasteiger partial charge in [-0.15, -0.1) is 0 Å². The number of hydrogen-bond acceptors (Lipinski definition) is 2. The molecule has 6 heteroatoms. The van der Waals surface area contributed by atoms with E-state index in [0.29, 0.717) is 6.42 Å². The smallest absolute Gasteiger partial charge is 0.319 e. The van der Waals surface area contributed by atoms with E-state index in [2.05, 4.69) is 5.32 Å². The van der Waals surface area contributed by atoms with Gasteiger partial charge >= 0.3 is 12.3 Å². The first-order valence-corrected chi connectivity index (χ1v) is 5.48. The van der Waals surface area contributed by atoms with Gasteiger partial charge in [-0.25, -0.2) is 8.78 Å². The van der Waals surface area contributed by atoms with Crippen LogP contribution in [-0.4, -0.2) is 30.0 Å². The van der Waals surface area contributed by atoms with Crippen molar-refractivity contribution >= 4 is 0 Å². The Morgan fingerprint density at radius 3 is 2.28 bits per heavy atom. The van der Waals surface area contributed by atoms with Crippen LogP contribution in [0.3, 0.4) is 0 Å². The number of hydrogen-bond donors (Lipinski definition) is 2. The van der Waals surface area contributed by atoms with Crippen LogP contribution in [0, 0.1) is 0 Å². The summed E-state index contributed by atoms with van der Waals surface area (Å²) in [4.78, 5) is 0. The molecule has 0 amide bonds. The van der Waals surface area contributed by atoms with Crippen LogP contribution in [0.2, 0.25) is 0 Å². The van der Waals surface area contributed by atoms with Gasteiger partial charge in [-0.05, 0) is 31.0 Å². The minimum absolute atomic E-state index is 0.114. The van der Waals surface area contributed by atoms with E-state index in [-0.39, 0.29) is 11.8 Å². The van der Waals surface area contributed by atoms with E-state index in [9.17, 15) is 17.6 Å². The van der Waals surface area contributed by atoms with Crippen molar-refractivity contribution in [2.24, 2.45) is 0 Å². The Labute approximate surface area is 103 Å². The molecule has 1 rings (SSSR count). The molecule has 2 N–H and O–H groups in total. The fraction of sp³-hybridized carbons (Fsp3) is 0.500. The largest absolute Gasteiger partial charge is 0.508 e. The Kier molecular flexibility index (Phi) is 4.95. The van der Waals surface area contributed by atoms with Crippen LogP contribution in [0.4, 0.5) is 17.6 Å². The number of rotatable bonds is 6. The van der Waals surface area contributed by atoms with Gasteiger partial charge in [0.1, 0.15) is 5.75 Å². The summed E-state index contributed by atoms with van der Waals surface area (Å²) in [6, 6.07) is 5.91. The van der Waals surface area contributed by atoms with Gasteiger partial charge in [-0.1, -0.05) is 12.1 Å². The highest BCUT2D eigenvalue weighted by Gasteiger charge is 2.40. The van der Waals surface area contributed by atoms with E-state index in [4.69, 9.17) is 5.11 Å². The molecule has 0 saturated heterocycles. The Morgan fingerprint density at radius 2 is 1.78 bits per heavy atom. The van der Waals surface area contributed by atoms with Crippen molar-refractivity contribution in [3.05, 3.63) is 29.8 Å². The van der Waals surface area contributed by atoms with E-state index in [1.165, 1.54) is 12.1 Å². The summed E-state index contributed by atoms with van der Waals surface area (Å²) in [5.74, 6) is -3.90. The molecule has 0 heterocycles. The molecule has 0 radical (unpaired) electrons. The molecule has 0 spiro atoms. The molecule has 102 valence electrons. The lowest BCUT2D eigenvalue weighted by atomic mass is 10.1. The van der Waals surface area contributed by atoms with E-state index in [1.54, 1.807) is 19.1 Å². The zero-order valence-corrected chi connectivity index (χ0v) is 9.84. The van der Waals surface area contributed by atoms with Crippen LogP contribution < -0.4 is 5.32 Å². The van der Waals surface area contributed by atoms with Crippen LogP contribution in [0.1, 0.15) is 12.5 Å². The van der Waals surface area contributed by atoms with Crippen molar-refractivity contribution in [2.45, 2.75) is 31.7 Å². The Balaban J connectivity index is 2.42. The summed E-state index contributed by atoms with van der Waals surface area (Å²) in [6.45, 7) is 0.582. The van der Waals surface area contributed by atoms with Gasteiger partial charge in [-0.2, -0.15) is 8.78 Å². The van der Waals surface area contributed by atoms with E-state index >= 15 is 0 Å². The summed E-state index contributed by atoms with van der Waals surface area (Å²) in [5, 5.41) is 11.4. The Bertz CT molecular complexity index is 367. The maximum atomic E-state index is 12.7. The fourth-order valence-electron chi connectivity index (χ4n) is 1.45. The number of benzene rings is 1. The average Bonchev–Trinajstić information content (AvgIpc) is 2.29. The van der Waals surface area contributed by atoms with E-state index < -0.39 is 18.9 Å². The van der Waals surface area contributed by atoms with Gasteiger partial charge in [0.05, 0.1) is 6.54 Å². The molecule has 1 unspecified atom stereocenters. The van der Waals surface area contributed by atoms with Gasteiger partial charge in [0.15, 0.2) is 0 Å². The first kappa shape index (κ1) is 14.8. The monoisotopic (exact) mass is 265 g/mol. The van der Waals surface area contributed by atoms with Crippen LogP contribution in [-0.2, 0) is 6.42 Å². The number of nitrogens with one attached hydrogen (secondary N) is 1. The normalized spacial score (nSPS) is 13.9. The second-order valence-corrected chi connectivity index (χ2v) is 4.21. The number of phenolic OH excluding ortho intramolecular Hbond substituents is 1. The molecule has 2 nitrogen and oxygen atoms in total. The lowest BCUT2D eigenvalue weighted by Crippen LogP contribution is -2.42. The predicted octanol–water partition coefficient (Wildman–Crippen LogP) is 2.81. The van der Waals surface area contributed by atoms with Crippen molar-refractivity contribution in [2.75, 3.05) is 6.54 Å². The summed E-state index contributed by atoms with van der Waals surface area (Å²) in [6.07, 6.45) is -3.24. The highest BCUT2D eigenvalue weighted by Crippen LogP contribution is 2.21. The van der Waals surface area contributed by atoms with Crippen LogP contribution >= 0.6 is 0 Å². The van der Waals surface area contributed by atoms with Gasteiger partial charge in [0.25, 0.3) is 0 Å². The third-order valence-corrected chi connectivity index (χ3v) is 2.48. The maximum Gasteiger partial charge on any atom is 0.319 e. The summed E-state index contributed by atoms with van der Waals surface area (Å²) >= 11 is 0. The average molecular weight is 265 g/mol. The second kappa shape index (κ2) is 6.04. The van der Waals surface area contributed by atoms with Crippen molar-refractivity contribution in [1.82, 2.24) is 5.32 Å². The lowest BCUT2D eigenvalue weighted by Gasteiger charge is -2.19. The molecule has 0 fully saturated rings. The van der Waals surface area contributed by atoms with Crippen LogP contribution in [0.15, 0.2) is 24.3 Å². The van der Waals surface area contributed by atoms with Crippen molar-refractivity contribution in [1.29, 1.82) is 0 Å². The summed E-state index contributed by atoms with van der Waals surface area (Å²) < 4.78 is 49.1. The third kappa shape index (κ3) is 4.52. The first-order chi connectivity index (χ1) is 8.31. The van der Waals surface area contributed by atoms with Crippen LogP contribution in [0.5, 0.6) is 5.75 Å². The third-order valence-electron chi connectivity index (χ3n) is 2.48. The summed E-state index contributed by atoms with van der Waals surface area (Å²) in [5.41, 5.74) is 0.827. The molecule has 0 aliphatic rings. The van der Waals surface area contributed by atoms with Gasteiger partial charge in [0, 0.05) is 6.04 Å². The maximum absolute atomic E-state index is 12.7. The van der Waals surface area contributed by atoms with Gasteiger partial charge in [0.2, 0.25) is 0 Å². The van der Waals surface area contributed by atoms with Crippen molar-refractivity contribution in [3.63, 3.8) is 0 Å². The minimum atomic E-state index is -4.01. The number of halogens is 4. The fourth-order valence-corrected chi connectivity index (χ4v) is 1.45. The Hall–Kier alpha value is -1.30.